The molecule has 0 saturated carbocycles. The standard InChI is InChI=1S/C14H10N2O2/c15-10-6-7-11-12(8-10)18-14(17)13(16-11)9-4-2-1-3-5-9/h1-8H,15H2. The van der Waals surface area contributed by atoms with E-state index in [-0.39, 0.29) is 0 Å². The predicted molar refractivity (Wildman–Crippen MR) is 70.1 cm³/mol. The molecule has 88 valence electrons. The molecule has 2 aromatic carbocycles. The van der Waals surface area contributed by atoms with Gasteiger partial charge in [0.05, 0.1) is 0 Å². The van der Waals surface area contributed by atoms with Crippen LogP contribution < -0.4 is 11.4 Å². The normalized spacial score (nSPS) is 10.7. The van der Waals surface area contributed by atoms with Gasteiger partial charge in [0, 0.05) is 17.3 Å². The van der Waals surface area contributed by atoms with Crippen LogP contribution in [0.2, 0.25) is 0 Å². The molecule has 2 N–H and O–H groups in total. The fourth-order valence-electron chi connectivity index (χ4n) is 1.80. The fourth-order valence-corrected chi connectivity index (χ4v) is 1.80. The number of hydrogen-bond acceptors (Lipinski definition) is 4. The number of nitrogens with two attached hydrogens (primary N) is 1. The first-order chi connectivity index (χ1) is 8.74. The Balaban J connectivity index is 2.29. The quantitative estimate of drug-likeness (QED) is 0.661. The smallest absolute Gasteiger partial charge is 0.363 e. The number of hydrogen-bond donors (Lipinski definition) is 1. The summed E-state index contributed by atoms with van der Waals surface area (Å²) in [6.45, 7) is 0. The van der Waals surface area contributed by atoms with Crippen molar-refractivity contribution < 1.29 is 4.42 Å². The van der Waals surface area contributed by atoms with Crippen molar-refractivity contribution in [2.45, 2.75) is 0 Å². The summed E-state index contributed by atoms with van der Waals surface area (Å²) >= 11 is 0. The maximum atomic E-state index is 11.9. The molecule has 3 aromatic rings. The molecule has 0 spiro atoms. The van der Waals surface area contributed by atoms with E-state index in [4.69, 9.17) is 10.2 Å². The average Bonchev–Trinajstić information content (AvgIpc) is 2.39. The van der Waals surface area contributed by atoms with Gasteiger partial charge < -0.3 is 10.2 Å². The van der Waals surface area contributed by atoms with Gasteiger partial charge in [-0.2, -0.15) is 0 Å². The Kier molecular flexibility index (Phi) is 2.34. The van der Waals surface area contributed by atoms with Crippen LogP contribution in [0, 0.1) is 0 Å². The molecule has 0 aliphatic heterocycles. The molecule has 1 heterocycles. The van der Waals surface area contributed by atoms with Gasteiger partial charge in [-0.25, -0.2) is 9.78 Å². The molecular weight excluding hydrogens is 228 g/mol. The van der Waals surface area contributed by atoms with Crippen molar-refractivity contribution >= 4 is 16.8 Å². The van der Waals surface area contributed by atoms with Crippen molar-refractivity contribution in [2.24, 2.45) is 0 Å². The topological polar surface area (TPSA) is 69.1 Å². The van der Waals surface area contributed by atoms with Crippen molar-refractivity contribution in [1.29, 1.82) is 0 Å². The molecule has 0 fully saturated rings. The van der Waals surface area contributed by atoms with Crippen LogP contribution in [0.1, 0.15) is 0 Å². The largest absolute Gasteiger partial charge is 0.419 e. The van der Waals surface area contributed by atoms with E-state index in [0.29, 0.717) is 22.5 Å². The van der Waals surface area contributed by atoms with Gasteiger partial charge in [0.25, 0.3) is 0 Å². The van der Waals surface area contributed by atoms with E-state index in [9.17, 15) is 4.79 Å². The van der Waals surface area contributed by atoms with E-state index in [2.05, 4.69) is 4.98 Å². The average molecular weight is 238 g/mol. The second-order valence-corrected chi connectivity index (χ2v) is 3.94. The van der Waals surface area contributed by atoms with Crippen LogP contribution in [0.15, 0.2) is 57.7 Å². The van der Waals surface area contributed by atoms with Gasteiger partial charge in [-0.05, 0) is 12.1 Å². The minimum absolute atomic E-state index is 0.313. The van der Waals surface area contributed by atoms with E-state index in [1.165, 1.54) is 0 Å². The molecule has 0 aliphatic carbocycles. The van der Waals surface area contributed by atoms with Gasteiger partial charge in [0.2, 0.25) is 0 Å². The lowest BCUT2D eigenvalue weighted by atomic mass is 10.1. The fraction of sp³-hybridized carbons (Fsp3) is 0. The maximum absolute atomic E-state index is 11.9. The summed E-state index contributed by atoms with van der Waals surface area (Å²) in [5.41, 5.74) is 7.79. The van der Waals surface area contributed by atoms with E-state index in [1.807, 2.05) is 30.3 Å². The van der Waals surface area contributed by atoms with E-state index in [1.54, 1.807) is 18.2 Å². The van der Waals surface area contributed by atoms with Crippen molar-refractivity contribution in [1.82, 2.24) is 4.98 Å². The molecule has 1 aromatic heterocycles. The second kappa shape index (κ2) is 4.00. The lowest BCUT2D eigenvalue weighted by Gasteiger charge is -2.01. The summed E-state index contributed by atoms with van der Waals surface area (Å²) in [4.78, 5) is 16.2. The summed E-state index contributed by atoms with van der Waals surface area (Å²) in [5.74, 6) is 0. The summed E-state index contributed by atoms with van der Waals surface area (Å²) in [7, 11) is 0. The van der Waals surface area contributed by atoms with E-state index in [0.717, 1.165) is 5.56 Å². The Bertz CT molecular complexity index is 764. The molecule has 0 amide bonds. The Morgan fingerprint density at radius 3 is 2.61 bits per heavy atom. The van der Waals surface area contributed by atoms with Gasteiger partial charge in [-0.3, -0.25) is 0 Å². The van der Waals surface area contributed by atoms with E-state index >= 15 is 0 Å². The molecule has 0 saturated heterocycles. The summed E-state index contributed by atoms with van der Waals surface area (Å²) < 4.78 is 5.23. The van der Waals surface area contributed by atoms with Crippen LogP contribution in [-0.4, -0.2) is 4.98 Å². The van der Waals surface area contributed by atoms with Crippen molar-refractivity contribution in [3.63, 3.8) is 0 Å². The third-order valence-electron chi connectivity index (χ3n) is 2.66. The number of nitrogen functional groups attached to an aromatic ring is 1. The van der Waals surface area contributed by atoms with Gasteiger partial charge >= 0.3 is 5.63 Å². The molecule has 0 atom stereocenters. The molecule has 0 aliphatic rings. The van der Waals surface area contributed by atoms with Crippen LogP contribution in [-0.2, 0) is 0 Å². The van der Waals surface area contributed by atoms with Crippen LogP contribution in [0.3, 0.4) is 0 Å². The lowest BCUT2D eigenvalue weighted by Crippen LogP contribution is -2.06. The molecule has 18 heavy (non-hydrogen) atoms. The van der Waals surface area contributed by atoms with Crippen molar-refractivity contribution in [3.8, 4) is 11.3 Å². The van der Waals surface area contributed by atoms with E-state index < -0.39 is 5.63 Å². The zero-order valence-corrected chi connectivity index (χ0v) is 9.46. The third kappa shape index (κ3) is 1.73. The van der Waals surface area contributed by atoms with Crippen molar-refractivity contribution in [3.05, 3.63) is 59.0 Å². The number of aromatic nitrogens is 1. The zero-order valence-electron chi connectivity index (χ0n) is 9.46. The highest BCUT2D eigenvalue weighted by Gasteiger charge is 2.09. The van der Waals surface area contributed by atoms with Crippen molar-refractivity contribution in [2.75, 3.05) is 5.73 Å². The molecule has 4 nitrogen and oxygen atoms in total. The first-order valence-electron chi connectivity index (χ1n) is 5.50. The molecule has 0 bridgehead atoms. The number of anilines is 1. The first kappa shape index (κ1) is 10.5. The van der Waals surface area contributed by atoms with Crippen LogP contribution in [0.25, 0.3) is 22.4 Å². The van der Waals surface area contributed by atoms with Gasteiger partial charge in [-0.1, -0.05) is 30.3 Å². The molecule has 4 heteroatoms. The zero-order chi connectivity index (χ0) is 12.5. The van der Waals surface area contributed by atoms with Crippen LogP contribution in [0.5, 0.6) is 0 Å². The number of rotatable bonds is 1. The molecule has 0 unspecified atom stereocenters. The monoisotopic (exact) mass is 238 g/mol. The highest BCUT2D eigenvalue weighted by Crippen LogP contribution is 2.18. The minimum Gasteiger partial charge on any atom is -0.419 e. The van der Waals surface area contributed by atoms with Gasteiger partial charge in [-0.15, -0.1) is 0 Å². The van der Waals surface area contributed by atoms with Crippen LogP contribution >= 0.6 is 0 Å². The Hall–Kier alpha value is -2.62. The Labute approximate surface area is 103 Å². The highest BCUT2D eigenvalue weighted by molar-refractivity contribution is 5.78. The number of benzene rings is 2. The number of nitrogens with zero attached hydrogens (tertiary/aromatic N) is 1. The maximum Gasteiger partial charge on any atom is 0.363 e. The highest BCUT2D eigenvalue weighted by atomic mass is 16.4. The minimum atomic E-state index is -0.459. The SMILES string of the molecule is Nc1ccc2nc(-c3ccccc3)c(=O)oc2c1. The van der Waals surface area contributed by atoms with Crippen LogP contribution in [0.4, 0.5) is 5.69 Å². The number of fused-ring (bicyclic) bond motifs is 1. The summed E-state index contributed by atoms with van der Waals surface area (Å²) in [6.07, 6.45) is 0. The molecule has 3 rings (SSSR count). The third-order valence-corrected chi connectivity index (χ3v) is 2.66. The van der Waals surface area contributed by atoms with Gasteiger partial charge in [0.1, 0.15) is 5.52 Å². The molecule has 0 radical (unpaired) electrons. The lowest BCUT2D eigenvalue weighted by molar-refractivity contribution is 0.558. The Morgan fingerprint density at radius 2 is 1.83 bits per heavy atom. The summed E-state index contributed by atoms with van der Waals surface area (Å²) in [6, 6.07) is 14.3. The summed E-state index contributed by atoms with van der Waals surface area (Å²) in [5, 5.41) is 0. The van der Waals surface area contributed by atoms with Gasteiger partial charge in [0.15, 0.2) is 11.3 Å². The second-order valence-electron chi connectivity index (χ2n) is 3.94. The molecular formula is C14H10N2O2. The predicted octanol–water partition coefficient (Wildman–Crippen LogP) is 2.44. The first-order valence-corrected chi connectivity index (χ1v) is 5.50. The Morgan fingerprint density at radius 1 is 1.06 bits per heavy atom.